The molecule has 3 nitrogen and oxygen atoms in total. The Morgan fingerprint density at radius 2 is 1.79 bits per heavy atom. The Kier molecular flexibility index (Phi) is 5.90. The standard InChI is InChI=1S/C16H25NO2/c1-16(2,3)17-11-7-6-8-13-9-10-14(18-4)15(12-13)19-5/h6,8-10,12,17H,7,11H2,1-5H3. The van der Waals surface area contributed by atoms with Crippen molar-refractivity contribution in [1.82, 2.24) is 5.32 Å². The first kappa shape index (κ1) is 15.6. The van der Waals surface area contributed by atoms with Gasteiger partial charge < -0.3 is 14.8 Å². The maximum absolute atomic E-state index is 5.28. The molecule has 106 valence electrons. The zero-order valence-corrected chi connectivity index (χ0v) is 12.6. The Labute approximate surface area is 116 Å². The topological polar surface area (TPSA) is 30.5 Å². The van der Waals surface area contributed by atoms with Crippen molar-refractivity contribution in [2.24, 2.45) is 0 Å². The third-order valence-corrected chi connectivity index (χ3v) is 2.68. The minimum atomic E-state index is 0.178. The van der Waals surface area contributed by atoms with Crippen molar-refractivity contribution in [2.75, 3.05) is 20.8 Å². The number of hydrogen-bond donors (Lipinski definition) is 1. The summed E-state index contributed by atoms with van der Waals surface area (Å²) < 4.78 is 10.5. The molecule has 1 rings (SSSR count). The average Bonchev–Trinajstić information content (AvgIpc) is 2.36. The van der Waals surface area contributed by atoms with Gasteiger partial charge in [0.1, 0.15) is 0 Å². The highest BCUT2D eigenvalue weighted by atomic mass is 16.5. The molecular weight excluding hydrogens is 238 g/mol. The Bertz CT molecular complexity index is 419. The number of methoxy groups -OCH3 is 2. The van der Waals surface area contributed by atoms with Crippen molar-refractivity contribution in [1.29, 1.82) is 0 Å². The lowest BCUT2D eigenvalue weighted by Gasteiger charge is -2.19. The van der Waals surface area contributed by atoms with Gasteiger partial charge in [-0.3, -0.25) is 0 Å². The summed E-state index contributed by atoms with van der Waals surface area (Å²) in [5, 5.41) is 3.45. The lowest BCUT2D eigenvalue weighted by Crippen LogP contribution is -2.36. The monoisotopic (exact) mass is 263 g/mol. The van der Waals surface area contributed by atoms with E-state index in [-0.39, 0.29) is 5.54 Å². The van der Waals surface area contributed by atoms with Crippen LogP contribution in [0.15, 0.2) is 24.3 Å². The largest absolute Gasteiger partial charge is 0.493 e. The summed E-state index contributed by atoms with van der Waals surface area (Å²) in [6, 6.07) is 5.92. The molecule has 0 amide bonds. The van der Waals surface area contributed by atoms with Crippen LogP contribution in [0.25, 0.3) is 6.08 Å². The SMILES string of the molecule is COc1ccc(C=CCCNC(C)(C)C)cc1OC. The van der Waals surface area contributed by atoms with Crippen molar-refractivity contribution >= 4 is 6.08 Å². The van der Waals surface area contributed by atoms with E-state index in [1.165, 1.54) is 0 Å². The van der Waals surface area contributed by atoms with Crippen molar-refractivity contribution in [2.45, 2.75) is 32.7 Å². The highest BCUT2D eigenvalue weighted by molar-refractivity contribution is 5.55. The van der Waals surface area contributed by atoms with Crippen LogP contribution in [0.4, 0.5) is 0 Å². The van der Waals surface area contributed by atoms with E-state index in [9.17, 15) is 0 Å². The Hall–Kier alpha value is -1.48. The minimum Gasteiger partial charge on any atom is -0.493 e. The predicted octanol–water partition coefficient (Wildman–Crippen LogP) is 3.50. The summed E-state index contributed by atoms with van der Waals surface area (Å²) in [5.41, 5.74) is 1.30. The molecule has 0 saturated carbocycles. The van der Waals surface area contributed by atoms with Gasteiger partial charge in [0.05, 0.1) is 14.2 Å². The first-order valence-electron chi connectivity index (χ1n) is 6.60. The fraction of sp³-hybridized carbons (Fsp3) is 0.500. The summed E-state index contributed by atoms with van der Waals surface area (Å²) >= 11 is 0. The van der Waals surface area contributed by atoms with Gasteiger partial charge in [-0.05, 0) is 51.4 Å². The Morgan fingerprint density at radius 3 is 2.37 bits per heavy atom. The zero-order valence-electron chi connectivity index (χ0n) is 12.6. The number of rotatable bonds is 6. The van der Waals surface area contributed by atoms with Crippen LogP contribution in [0.3, 0.4) is 0 Å². The van der Waals surface area contributed by atoms with Crippen LogP contribution >= 0.6 is 0 Å². The number of nitrogens with one attached hydrogen (secondary N) is 1. The third-order valence-electron chi connectivity index (χ3n) is 2.68. The van der Waals surface area contributed by atoms with Gasteiger partial charge in [0.25, 0.3) is 0 Å². The molecular formula is C16H25NO2. The fourth-order valence-corrected chi connectivity index (χ4v) is 1.71. The Balaban J connectivity index is 2.53. The molecule has 0 saturated heterocycles. The predicted molar refractivity (Wildman–Crippen MR) is 81.0 cm³/mol. The number of hydrogen-bond acceptors (Lipinski definition) is 3. The second-order valence-electron chi connectivity index (χ2n) is 5.48. The molecule has 0 aromatic heterocycles. The van der Waals surface area contributed by atoms with Crippen molar-refractivity contribution in [3.63, 3.8) is 0 Å². The summed E-state index contributed by atoms with van der Waals surface area (Å²) in [4.78, 5) is 0. The van der Waals surface area contributed by atoms with Crippen LogP contribution in [-0.2, 0) is 0 Å². The summed E-state index contributed by atoms with van der Waals surface area (Å²) in [6.45, 7) is 7.49. The first-order valence-corrected chi connectivity index (χ1v) is 6.60. The molecule has 0 heterocycles. The molecule has 0 bridgehead atoms. The normalized spacial score (nSPS) is 11.8. The van der Waals surface area contributed by atoms with E-state index >= 15 is 0 Å². The van der Waals surface area contributed by atoms with Crippen molar-refractivity contribution in [3.8, 4) is 11.5 Å². The van der Waals surface area contributed by atoms with Gasteiger partial charge >= 0.3 is 0 Å². The van der Waals surface area contributed by atoms with Crippen molar-refractivity contribution < 1.29 is 9.47 Å². The molecule has 0 unspecified atom stereocenters. The second-order valence-corrected chi connectivity index (χ2v) is 5.48. The van der Waals surface area contributed by atoms with Crippen LogP contribution in [0.2, 0.25) is 0 Å². The lowest BCUT2D eigenvalue weighted by atomic mass is 10.1. The van der Waals surface area contributed by atoms with Crippen LogP contribution in [0, 0.1) is 0 Å². The van der Waals surface area contributed by atoms with E-state index in [0.717, 1.165) is 30.0 Å². The summed E-state index contributed by atoms with van der Waals surface area (Å²) in [6.07, 6.45) is 5.28. The maximum atomic E-state index is 5.28. The van der Waals surface area contributed by atoms with E-state index in [4.69, 9.17) is 9.47 Å². The molecule has 3 heteroatoms. The molecule has 1 N–H and O–H groups in total. The smallest absolute Gasteiger partial charge is 0.161 e. The molecule has 1 aromatic rings. The highest BCUT2D eigenvalue weighted by Gasteiger charge is 2.06. The van der Waals surface area contributed by atoms with Gasteiger partial charge in [-0.1, -0.05) is 18.2 Å². The molecule has 0 spiro atoms. The highest BCUT2D eigenvalue weighted by Crippen LogP contribution is 2.27. The third kappa shape index (κ3) is 5.79. The molecule has 0 atom stereocenters. The molecule has 0 aliphatic rings. The van der Waals surface area contributed by atoms with E-state index in [1.54, 1.807) is 14.2 Å². The van der Waals surface area contributed by atoms with E-state index in [0.29, 0.717) is 0 Å². The second kappa shape index (κ2) is 7.19. The van der Waals surface area contributed by atoms with Crippen molar-refractivity contribution in [3.05, 3.63) is 29.8 Å². The number of benzene rings is 1. The van der Waals surface area contributed by atoms with Crippen LogP contribution in [0.1, 0.15) is 32.8 Å². The Morgan fingerprint density at radius 1 is 1.11 bits per heavy atom. The lowest BCUT2D eigenvalue weighted by molar-refractivity contribution is 0.355. The van der Waals surface area contributed by atoms with Gasteiger partial charge in [-0.15, -0.1) is 0 Å². The maximum Gasteiger partial charge on any atom is 0.161 e. The van der Waals surface area contributed by atoms with Gasteiger partial charge in [0, 0.05) is 5.54 Å². The van der Waals surface area contributed by atoms with Crippen LogP contribution in [-0.4, -0.2) is 26.3 Å². The molecule has 19 heavy (non-hydrogen) atoms. The first-order chi connectivity index (χ1) is 8.96. The van der Waals surface area contributed by atoms with Gasteiger partial charge in [-0.2, -0.15) is 0 Å². The van der Waals surface area contributed by atoms with Gasteiger partial charge in [0.2, 0.25) is 0 Å². The molecule has 0 radical (unpaired) electrons. The van der Waals surface area contributed by atoms with E-state index in [1.807, 2.05) is 18.2 Å². The van der Waals surface area contributed by atoms with Crippen LogP contribution < -0.4 is 14.8 Å². The number of ether oxygens (including phenoxy) is 2. The van der Waals surface area contributed by atoms with E-state index < -0.39 is 0 Å². The minimum absolute atomic E-state index is 0.178. The molecule has 0 aliphatic heterocycles. The molecule has 0 aliphatic carbocycles. The fourth-order valence-electron chi connectivity index (χ4n) is 1.71. The van der Waals surface area contributed by atoms with Gasteiger partial charge in [-0.25, -0.2) is 0 Å². The zero-order chi connectivity index (χ0) is 14.3. The molecule has 0 fully saturated rings. The average molecular weight is 263 g/mol. The van der Waals surface area contributed by atoms with E-state index in [2.05, 4.69) is 38.2 Å². The summed E-state index contributed by atoms with van der Waals surface area (Å²) in [5.74, 6) is 1.52. The quantitative estimate of drug-likeness (QED) is 0.797. The summed E-state index contributed by atoms with van der Waals surface area (Å²) in [7, 11) is 3.30. The molecule has 1 aromatic carbocycles. The van der Waals surface area contributed by atoms with Crippen LogP contribution in [0.5, 0.6) is 11.5 Å². The van der Waals surface area contributed by atoms with Gasteiger partial charge in [0.15, 0.2) is 11.5 Å².